The Kier molecular flexibility index (Phi) is 3.95. The number of anilines is 1. The fourth-order valence-electron chi connectivity index (χ4n) is 0.520. The highest BCUT2D eigenvalue weighted by Gasteiger charge is 1.88. The number of hydrogen-bond donors (Lipinski definition) is 1. The van der Waals surface area contributed by atoms with Crippen LogP contribution in [0, 0.1) is 0 Å². The summed E-state index contributed by atoms with van der Waals surface area (Å²) in [5, 5.41) is 3.66. The van der Waals surface area contributed by atoms with Crippen LogP contribution in [0.5, 0.6) is 0 Å². The Morgan fingerprint density at radius 2 is 2.00 bits per heavy atom. The van der Waals surface area contributed by atoms with E-state index in [1.165, 1.54) is 16.8 Å². The van der Waals surface area contributed by atoms with Crippen LogP contribution in [0.1, 0.15) is 13.8 Å². The summed E-state index contributed by atoms with van der Waals surface area (Å²) in [5.41, 5.74) is 5.11. The number of rotatable bonds is 0. The Morgan fingerprint density at radius 3 is 2.36 bits per heavy atom. The SMILES string of the molecule is CC.Cn1nc(N)ccc1=O. The first-order chi connectivity index (χ1) is 5.20. The largest absolute Gasteiger partial charge is 0.382 e. The molecule has 0 atom stereocenters. The van der Waals surface area contributed by atoms with E-state index in [1.807, 2.05) is 13.8 Å². The quantitative estimate of drug-likeness (QED) is 0.589. The molecule has 0 saturated heterocycles. The zero-order chi connectivity index (χ0) is 8.85. The molecule has 1 heterocycles. The van der Waals surface area contributed by atoms with Gasteiger partial charge in [0.25, 0.3) is 5.56 Å². The van der Waals surface area contributed by atoms with Gasteiger partial charge in [0, 0.05) is 13.1 Å². The summed E-state index contributed by atoms with van der Waals surface area (Å²) in [7, 11) is 1.55. The number of aryl methyl sites for hydroxylation is 1. The van der Waals surface area contributed by atoms with E-state index in [2.05, 4.69) is 5.10 Å². The molecule has 1 aromatic rings. The highest BCUT2D eigenvalue weighted by molar-refractivity contribution is 5.23. The van der Waals surface area contributed by atoms with E-state index in [-0.39, 0.29) is 5.56 Å². The van der Waals surface area contributed by atoms with Crippen molar-refractivity contribution in [3.8, 4) is 0 Å². The molecule has 0 radical (unpaired) electrons. The topological polar surface area (TPSA) is 60.9 Å². The van der Waals surface area contributed by atoms with Gasteiger partial charge >= 0.3 is 0 Å². The summed E-state index contributed by atoms with van der Waals surface area (Å²) in [6.07, 6.45) is 0. The van der Waals surface area contributed by atoms with Gasteiger partial charge in [-0.05, 0) is 6.07 Å². The van der Waals surface area contributed by atoms with Crippen LogP contribution in [0.4, 0.5) is 5.82 Å². The van der Waals surface area contributed by atoms with Crippen LogP contribution in [-0.2, 0) is 7.05 Å². The maximum Gasteiger partial charge on any atom is 0.266 e. The monoisotopic (exact) mass is 155 g/mol. The molecule has 1 rings (SSSR count). The molecule has 0 aliphatic carbocycles. The minimum Gasteiger partial charge on any atom is -0.382 e. The lowest BCUT2D eigenvalue weighted by molar-refractivity contribution is 0.714. The van der Waals surface area contributed by atoms with Gasteiger partial charge in [-0.25, -0.2) is 4.68 Å². The van der Waals surface area contributed by atoms with E-state index in [4.69, 9.17) is 5.73 Å². The van der Waals surface area contributed by atoms with Crippen LogP contribution in [0.2, 0.25) is 0 Å². The average molecular weight is 155 g/mol. The smallest absolute Gasteiger partial charge is 0.266 e. The van der Waals surface area contributed by atoms with E-state index in [1.54, 1.807) is 7.05 Å². The summed E-state index contributed by atoms with van der Waals surface area (Å²) in [5.74, 6) is 0.358. The van der Waals surface area contributed by atoms with Gasteiger partial charge in [-0.15, -0.1) is 0 Å². The van der Waals surface area contributed by atoms with Gasteiger partial charge < -0.3 is 5.73 Å². The summed E-state index contributed by atoms with van der Waals surface area (Å²) in [4.78, 5) is 10.6. The predicted molar refractivity (Wildman–Crippen MR) is 45.2 cm³/mol. The highest BCUT2D eigenvalue weighted by Crippen LogP contribution is 1.85. The maximum absolute atomic E-state index is 10.6. The molecule has 4 nitrogen and oxygen atoms in total. The van der Waals surface area contributed by atoms with Crippen LogP contribution in [0.15, 0.2) is 16.9 Å². The normalized spacial score (nSPS) is 8.27. The van der Waals surface area contributed by atoms with Crippen molar-refractivity contribution in [1.29, 1.82) is 0 Å². The molecule has 0 fully saturated rings. The van der Waals surface area contributed by atoms with Gasteiger partial charge in [0.2, 0.25) is 0 Å². The van der Waals surface area contributed by atoms with Gasteiger partial charge in [-0.1, -0.05) is 13.8 Å². The zero-order valence-electron chi connectivity index (χ0n) is 7.03. The molecule has 11 heavy (non-hydrogen) atoms. The van der Waals surface area contributed by atoms with Crippen molar-refractivity contribution in [3.05, 3.63) is 22.5 Å². The van der Waals surface area contributed by atoms with E-state index < -0.39 is 0 Å². The molecule has 0 spiro atoms. The standard InChI is InChI=1S/C5H7N3O.C2H6/c1-8-5(9)3-2-4(6)7-8;1-2/h2-3H,1H3,(H2,6,7);1-2H3. The van der Waals surface area contributed by atoms with E-state index >= 15 is 0 Å². The lowest BCUT2D eigenvalue weighted by Gasteiger charge is -1.93. The van der Waals surface area contributed by atoms with Crippen molar-refractivity contribution in [2.45, 2.75) is 13.8 Å². The molecule has 0 amide bonds. The molecular weight excluding hydrogens is 142 g/mol. The van der Waals surface area contributed by atoms with Gasteiger partial charge in [-0.2, -0.15) is 5.10 Å². The van der Waals surface area contributed by atoms with Crippen LogP contribution in [0.3, 0.4) is 0 Å². The first kappa shape index (κ1) is 9.68. The number of nitrogens with zero attached hydrogens (tertiary/aromatic N) is 2. The van der Waals surface area contributed by atoms with Gasteiger partial charge in [-0.3, -0.25) is 4.79 Å². The molecule has 0 saturated carbocycles. The molecule has 0 unspecified atom stereocenters. The van der Waals surface area contributed by atoms with Gasteiger partial charge in [0.15, 0.2) is 0 Å². The lowest BCUT2D eigenvalue weighted by atomic mass is 10.5. The third-order valence-electron chi connectivity index (χ3n) is 0.981. The van der Waals surface area contributed by atoms with E-state index in [0.29, 0.717) is 5.82 Å². The average Bonchev–Trinajstić information content (AvgIpc) is 2.02. The number of nitrogen functional groups attached to an aromatic ring is 1. The van der Waals surface area contributed by atoms with Crippen molar-refractivity contribution in [3.63, 3.8) is 0 Å². The third-order valence-corrected chi connectivity index (χ3v) is 0.981. The number of nitrogens with two attached hydrogens (primary N) is 1. The molecule has 0 aliphatic rings. The van der Waals surface area contributed by atoms with Crippen molar-refractivity contribution in [2.24, 2.45) is 7.05 Å². The Morgan fingerprint density at radius 1 is 1.45 bits per heavy atom. The second-order valence-electron chi connectivity index (χ2n) is 1.72. The van der Waals surface area contributed by atoms with Crippen molar-refractivity contribution < 1.29 is 0 Å². The second-order valence-corrected chi connectivity index (χ2v) is 1.72. The summed E-state index contributed by atoms with van der Waals surface area (Å²) < 4.78 is 1.19. The molecule has 0 bridgehead atoms. The first-order valence-corrected chi connectivity index (χ1v) is 3.50. The van der Waals surface area contributed by atoms with Crippen LogP contribution in [0.25, 0.3) is 0 Å². The first-order valence-electron chi connectivity index (χ1n) is 3.50. The van der Waals surface area contributed by atoms with Gasteiger partial charge in [0.05, 0.1) is 0 Å². The Labute approximate surface area is 65.7 Å². The Hall–Kier alpha value is -1.32. The number of hydrogen-bond acceptors (Lipinski definition) is 3. The molecular formula is C7H13N3O. The maximum atomic E-state index is 10.6. The van der Waals surface area contributed by atoms with Gasteiger partial charge in [0.1, 0.15) is 5.82 Å². The second kappa shape index (κ2) is 4.49. The third kappa shape index (κ3) is 2.84. The highest BCUT2D eigenvalue weighted by atomic mass is 16.1. The number of aromatic nitrogens is 2. The molecule has 0 aromatic carbocycles. The summed E-state index contributed by atoms with van der Waals surface area (Å²) >= 11 is 0. The van der Waals surface area contributed by atoms with E-state index in [9.17, 15) is 4.79 Å². The Balaban J connectivity index is 0.000000461. The fourth-order valence-corrected chi connectivity index (χ4v) is 0.520. The fraction of sp³-hybridized carbons (Fsp3) is 0.429. The molecule has 62 valence electrons. The molecule has 0 aliphatic heterocycles. The van der Waals surface area contributed by atoms with Crippen molar-refractivity contribution in [2.75, 3.05) is 5.73 Å². The van der Waals surface area contributed by atoms with E-state index in [0.717, 1.165) is 0 Å². The predicted octanol–water partition coefficient (Wildman–Crippen LogP) is 0.389. The van der Waals surface area contributed by atoms with Crippen LogP contribution in [-0.4, -0.2) is 9.78 Å². The summed E-state index contributed by atoms with van der Waals surface area (Å²) in [6, 6.07) is 2.85. The Bertz CT molecular complexity index is 267. The van der Waals surface area contributed by atoms with Crippen LogP contribution < -0.4 is 11.3 Å². The van der Waals surface area contributed by atoms with Crippen molar-refractivity contribution >= 4 is 5.82 Å². The lowest BCUT2D eigenvalue weighted by Crippen LogP contribution is -2.18. The zero-order valence-corrected chi connectivity index (χ0v) is 7.03. The minimum atomic E-state index is -0.149. The molecule has 2 N–H and O–H groups in total. The minimum absolute atomic E-state index is 0.149. The van der Waals surface area contributed by atoms with Crippen LogP contribution >= 0.6 is 0 Å². The van der Waals surface area contributed by atoms with Crippen molar-refractivity contribution in [1.82, 2.24) is 9.78 Å². The molecule has 1 aromatic heterocycles. The molecule has 4 heteroatoms. The summed E-state index contributed by atoms with van der Waals surface area (Å²) in [6.45, 7) is 4.00.